The van der Waals surface area contributed by atoms with Gasteiger partial charge in [-0.25, -0.2) is 4.68 Å². The first kappa shape index (κ1) is 21.6. The highest BCUT2D eigenvalue weighted by atomic mass is 35.5. The van der Waals surface area contributed by atoms with E-state index in [1.807, 2.05) is 31.2 Å². The molecule has 8 heteroatoms. The summed E-state index contributed by atoms with van der Waals surface area (Å²) in [4.78, 5) is 12.8. The van der Waals surface area contributed by atoms with Crippen molar-refractivity contribution < 1.29 is 18.0 Å². The van der Waals surface area contributed by atoms with E-state index in [9.17, 15) is 18.0 Å². The normalized spacial score (nSPS) is 11.4. The number of benzene rings is 3. The third-order valence-electron chi connectivity index (χ3n) is 4.82. The second-order valence-corrected chi connectivity index (χ2v) is 7.64. The fraction of sp³-hybridized carbons (Fsp3) is 0.0833. The Hall–Kier alpha value is -3.58. The number of amides is 1. The highest BCUT2D eigenvalue weighted by Crippen LogP contribution is 2.30. The maximum Gasteiger partial charge on any atom is 0.416 e. The van der Waals surface area contributed by atoms with E-state index in [4.69, 9.17) is 11.6 Å². The zero-order chi connectivity index (χ0) is 22.9. The number of aryl methyl sites for hydroxylation is 1. The molecule has 0 aliphatic carbocycles. The average molecular weight is 456 g/mol. The topological polar surface area (TPSA) is 46.9 Å². The van der Waals surface area contributed by atoms with Crippen LogP contribution in [0.3, 0.4) is 0 Å². The Kier molecular flexibility index (Phi) is 5.76. The van der Waals surface area contributed by atoms with Gasteiger partial charge < -0.3 is 5.32 Å². The predicted octanol–water partition coefficient (Wildman–Crippen LogP) is 6.77. The van der Waals surface area contributed by atoms with Gasteiger partial charge in [0.15, 0.2) is 0 Å². The fourth-order valence-corrected chi connectivity index (χ4v) is 3.27. The lowest BCUT2D eigenvalue weighted by molar-refractivity contribution is -0.137. The average Bonchev–Trinajstić information content (AvgIpc) is 3.18. The summed E-state index contributed by atoms with van der Waals surface area (Å²) in [6.45, 7) is 1.95. The fourth-order valence-electron chi connectivity index (χ4n) is 3.14. The van der Waals surface area contributed by atoms with E-state index in [-0.39, 0.29) is 5.56 Å². The van der Waals surface area contributed by atoms with Crippen LogP contribution in [0.4, 0.5) is 19.0 Å². The first-order valence-corrected chi connectivity index (χ1v) is 10.0. The summed E-state index contributed by atoms with van der Waals surface area (Å²) in [5.74, 6) is -0.353. The van der Waals surface area contributed by atoms with Crippen molar-refractivity contribution in [3.63, 3.8) is 0 Å². The van der Waals surface area contributed by atoms with Crippen molar-refractivity contribution in [3.05, 3.63) is 101 Å². The van der Waals surface area contributed by atoms with Crippen LogP contribution in [0.1, 0.15) is 21.5 Å². The number of aromatic nitrogens is 2. The van der Waals surface area contributed by atoms with Crippen LogP contribution in [0, 0.1) is 6.92 Å². The molecule has 0 radical (unpaired) electrons. The maximum absolute atomic E-state index is 13.0. The smallest absolute Gasteiger partial charge is 0.306 e. The van der Waals surface area contributed by atoms with Crippen molar-refractivity contribution in [2.24, 2.45) is 0 Å². The SMILES string of the molecule is Cc1ccc(-n2nc(-c3ccc(Cl)cc3)cc2NC(=O)c2cccc(C(F)(F)F)c2)cc1. The van der Waals surface area contributed by atoms with Crippen molar-refractivity contribution in [2.45, 2.75) is 13.1 Å². The molecule has 0 unspecified atom stereocenters. The predicted molar refractivity (Wildman–Crippen MR) is 118 cm³/mol. The summed E-state index contributed by atoms with van der Waals surface area (Å²) < 4.78 is 40.7. The van der Waals surface area contributed by atoms with E-state index < -0.39 is 17.6 Å². The Balaban J connectivity index is 1.73. The first-order chi connectivity index (χ1) is 15.2. The van der Waals surface area contributed by atoms with Gasteiger partial charge in [-0.05, 0) is 49.4 Å². The lowest BCUT2D eigenvalue weighted by Crippen LogP contribution is -2.16. The number of carbonyl (C=O) groups is 1. The van der Waals surface area contributed by atoms with Gasteiger partial charge in [0.25, 0.3) is 5.91 Å². The number of hydrogen-bond acceptors (Lipinski definition) is 2. The molecule has 4 nitrogen and oxygen atoms in total. The zero-order valence-corrected chi connectivity index (χ0v) is 17.6. The Morgan fingerprint density at radius 2 is 1.66 bits per heavy atom. The number of nitrogens with zero attached hydrogens (tertiary/aromatic N) is 2. The van der Waals surface area contributed by atoms with Crippen molar-refractivity contribution >= 4 is 23.3 Å². The van der Waals surface area contributed by atoms with Gasteiger partial charge in [-0.2, -0.15) is 18.3 Å². The van der Waals surface area contributed by atoms with Gasteiger partial charge in [0.2, 0.25) is 0 Å². The van der Waals surface area contributed by atoms with E-state index >= 15 is 0 Å². The van der Waals surface area contributed by atoms with Gasteiger partial charge in [0.1, 0.15) is 5.82 Å². The molecule has 1 amide bonds. The number of halogens is 4. The van der Waals surface area contributed by atoms with Crippen molar-refractivity contribution in [1.29, 1.82) is 0 Å². The summed E-state index contributed by atoms with van der Waals surface area (Å²) in [5.41, 5.74) is 2.09. The van der Waals surface area contributed by atoms with Gasteiger partial charge in [-0.1, -0.05) is 47.5 Å². The molecular weight excluding hydrogens is 439 g/mol. The summed E-state index contributed by atoms with van der Waals surface area (Å²) >= 11 is 5.97. The van der Waals surface area contributed by atoms with Crippen molar-refractivity contribution in [3.8, 4) is 16.9 Å². The summed E-state index contributed by atoms with van der Waals surface area (Å²) in [6, 6.07) is 20.5. The first-order valence-electron chi connectivity index (χ1n) is 9.62. The second-order valence-electron chi connectivity index (χ2n) is 7.20. The Bertz CT molecular complexity index is 1260. The monoisotopic (exact) mass is 455 g/mol. The second kappa shape index (κ2) is 8.51. The zero-order valence-electron chi connectivity index (χ0n) is 16.8. The molecule has 162 valence electrons. The molecule has 0 spiro atoms. The number of anilines is 1. The van der Waals surface area contributed by atoms with Crippen LogP contribution in [-0.2, 0) is 6.18 Å². The van der Waals surface area contributed by atoms with E-state index in [2.05, 4.69) is 10.4 Å². The summed E-state index contributed by atoms with van der Waals surface area (Å²) in [7, 11) is 0. The Morgan fingerprint density at radius 1 is 0.969 bits per heavy atom. The summed E-state index contributed by atoms with van der Waals surface area (Å²) in [5, 5.41) is 7.85. The molecule has 0 bridgehead atoms. The molecular formula is C24H17ClF3N3O. The number of alkyl halides is 3. The Morgan fingerprint density at radius 3 is 2.31 bits per heavy atom. The van der Waals surface area contributed by atoms with Crippen LogP contribution >= 0.6 is 11.6 Å². The molecule has 32 heavy (non-hydrogen) atoms. The van der Waals surface area contributed by atoms with Crippen LogP contribution in [-0.4, -0.2) is 15.7 Å². The van der Waals surface area contributed by atoms with E-state index in [1.54, 1.807) is 30.3 Å². The maximum atomic E-state index is 13.0. The van der Waals surface area contributed by atoms with E-state index in [0.29, 0.717) is 22.2 Å². The minimum absolute atomic E-state index is 0.107. The highest BCUT2D eigenvalue weighted by Gasteiger charge is 2.31. The van der Waals surface area contributed by atoms with Crippen molar-refractivity contribution in [2.75, 3.05) is 5.32 Å². The summed E-state index contributed by atoms with van der Waals surface area (Å²) in [6.07, 6.45) is -4.54. The van der Waals surface area contributed by atoms with Gasteiger partial charge in [-0.15, -0.1) is 0 Å². The Labute approximate surface area is 187 Å². The van der Waals surface area contributed by atoms with Gasteiger partial charge in [0, 0.05) is 22.2 Å². The molecule has 0 saturated heterocycles. The molecule has 3 aromatic carbocycles. The standard InChI is InChI=1S/C24H17ClF3N3O/c1-15-5-11-20(12-6-15)31-22(14-21(30-31)16-7-9-19(25)10-8-16)29-23(32)17-3-2-4-18(13-17)24(26,27)28/h2-14H,1H3,(H,29,32). The molecule has 1 N–H and O–H groups in total. The third-order valence-corrected chi connectivity index (χ3v) is 5.07. The molecule has 4 aromatic rings. The number of hydrogen-bond donors (Lipinski definition) is 1. The lowest BCUT2D eigenvalue weighted by Gasteiger charge is -2.11. The van der Waals surface area contributed by atoms with Crippen molar-refractivity contribution in [1.82, 2.24) is 9.78 Å². The van der Waals surface area contributed by atoms with Crippen LogP contribution < -0.4 is 5.32 Å². The van der Waals surface area contributed by atoms with E-state index in [0.717, 1.165) is 23.3 Å². The van der Waals surface area contributed by atoms with Crippen LogP contribution in [0.15, 0.2) is 78.9 Å². The molecule has 0 saturated carbocycles. The van der Waals surface area contributed by atoms with Gasteiger partial charge in [-0.3, -0.25) is 4.79 Å². The molecule has 0 fully saturated rings. The molecule has 1 heterocycles. The van der Waals surface area contributed by atoms with Crippen LogP contribution in [0.5, 0.6) is 0 Å². The van der Waals surface area contributed by atoms with Crippen LogP contribution in [0.25, 0.3) is 16.9 Å². The largest absolute Gasteiger partial charge is 0.416 e. The van der Waals surface area contributed by atoms with E-state index in [1.165, 1.54) is 16.8 Å². The van der Waals surface area contributed by atoms with Gasteiger partial charge in [0.05, 0.1) is 16.9 Å². The third kappa shape index (κ3) is 4.68. The minimum Gasteiger partial charge on any atom is -0.306 e. The number of carbonyl (C=O) groups excluding carboxylic acids is 1. The molecule has 4 rings (SSSR count). The quantitative estimate of drug-likeness (QED) is 0.369. The minimum atomic E-state index is -4.54. The molecule has 0 aliphatic rings. The van der Waals surface area contributed by atoms with Crippen LogP contribution in [0.2, 0.25) is 5.02 Å². The molecule has 1 aromatic heterocycles. The highest BCUT2D eigenvalue weighted by molar-refractivity contribution is 6.30. The number of nitrogens with one attached hydrogen (secondary N) is 1. The number of rotatable bonds is 4. The van der Waals surface area contributed by atoms with Gasteiger partial charge >= 0.3 is 6.18 Å². The lowest BCUT2D eigenvalue weighted by atomic mass is 10.1. The molecule has 0 aliphatic heterocycles. The molecule has 0 atom stereocenters.